The van der Waals surface area contributed by atoms with Gasteiger partial charge in [-0.15, -0.1) is 0 Å². The number of hydrogen-bond acceptors (Lipinski definition) is 4. The zero-order chi connectivity index (χ0) is 18.1. The predicted octanol–water partition coefficient (Wildman–Crippen LogP) is 0.214. The maximum Gasteiger partial charge on any atom is 0.296 e. The van der Waals surface area contributed by atoms with Crippen LogP contribution in [0.15, 0.2) is 23.2 Å². The molecule has 2 aromatic rings. The highest BCUT2D eigenvalue weighted by Crippen LogP contribution is 2.32. The summed E-state index contributed by atoms with van der Waals surface area (Å²) in [5.41, 5.74) is 13.0. The van der Waals surface area contributed by atoms with Crippen molar-refractivity contribution < 1.29 is 22.6 Å². The third kappa shape index (κ3) is 3.97. The molecule has 6 N–H and O–H groups in total. The fourth-order valence-corrected chi connectivity index (χ4v) is 2.53. The van der Waals surface area contributed by atoms with Gasteiger partial charge in [0, 0.05) is 22.9 Å². The molecule has 1 aliphatic carbocycles. The van der Waals surface area contributed by atoms with Gasteiger partial charge in [-0.25, -0.2) is 0 Å². The number of amides is 1. The fraction of sp³-hybridized carbons (Fsp3) is 0.214. The Morgan fingerprint density at radius 3 is 2.50 bits per heavy atom. The zero-order valence-corrected chi connectivity index (χ0v) is 13.6. The van der Waals surface area contributed by atoms with E-state index in [2.05, 4.69) is 9.98 Å². The first-order chi connectivity index (χ1) is 11.1. The van der Waals surface area contributed by atoms with Gasteiger partial charge in [-0.1, -0.05) is 12.1 Å². The second kappa shape index (κ2) is 6.42. The van der Waals surface area contributed by atoms with Crippen molar-refractivity contribution in [3.05, 3.63) is 35.0 Å². The van der Waals surface area contributed by atoms with Crippen molar-refractivity contribution in [2.75, 3.05) is 6.26 Å². The summed E-state index contributed by atoms with van der Waals surface area (Å²) in [6.45, 7) is 0. The van der Waals surface area contributed by atoms with E-state index in [1.807, 2.05) is 6.07 Å². The molecule has 0 atom stereocenters. The monoisotopic (exact) mass is 352 g/mol. The summed E-state index contributed by atoms with van der Waals surface area (Å²) in [6, 6.07) is 5.39. The molecule has 1 aromatic heterocycles. The number of H-pyrrole nitrogens is 1. The van der Waals surface area contributed by atoms with Crippen LogP contribution in [0.3, 0.4) is 0 Å². The van der Waals surface area contributed by atoms with Gasteiger partial charge in [-0.3, -0.25) is 14.1 Å². The molecule has 0 fully saturated rings. The van der Waals surface area contributed by atoms with Gasteiger partial charge in [0.1, 0.15) is 5.69 Å². The number of Topliss-reactive ketones (excluding diaryl/α,β-unsaturated/α-hetero) is 1. The molecule has 1 heterocycles. The first kappa shape index (κ1) is 17.6. The van der Waals surface area contributed by atoms with E-state index in [4.69, 9.17) is 16.0 Å². The van der Waals surface area contributed by atoms with Crippen LogP contribution < -0.4 is 11.5 Å². The summed E-state index contributed by atoms with van der Waals surface area (Å²) in [4.78, 5) is 30.4. The van der Waals surface area contributed by atoms with Gasteiger partial charge in [-0.05, 0) is 18.1 Å². The van der Waals surface area contributed by atoms with Crippen LogP contribution in [0.2, 0.25) is 0 Å². The Bertz CT molecular complexity index is 947. The quantitative estimate of drug-likeness (QED) is 0.323. The number of nitrogens with two attached hydrogens (primary N) is 2. The van der Waals surface area contributed by atoms with Crippen LogP contribution in [0, 0.1) is 0 Å². The maximum atomic E-state index is 12.0. The molecule has 128 valence electrons. The smallest absolute Gasteiger partial charge is 0.296 e. The van der Waals surface area contributed by atoms with Gasteiger partial charge in [0.05, 0.1) is 6.26 Å². The number of aromatic nitrogens is 1. The highest BCUT2D eigenvalue weighted by molar-refractivity contribution is 7.85. The molecule has 1 aromatic carbocycles. The Morgan fingerprint density at radius 2 is 1.92 bits per heavy atom. The first-order valence-electron chi connectivity index (χ1n) is 6.81. The third-order valence-corrected chi connectivity index (χ3v) is 3.27. The number of aliphatic imine (C=N–C) groups is 1. The lowest BCUT2D eigenvalue weighted by Gasteiger charge is -2.11. The summed E-state index contributed by atoms with van der Waals surface area (Å²) >= 11 is 0. The summed E-state index contributed by atoms with van der Waals surface area (Å²) in [5, 5.41) is 0.813. The molecule has 0 unspecified atom stereocenters. The standard InChI is InChI=1S/C13H12N4O2.CH4O3S/c14-13(15)17-12(19)11-7-4-5-9(18)6-2-1-3-8(16-11)10(6)7;1-5(2,3)4/h1-3,16H,4-5H2,(H4,14,15,17,19);1H3,(H,2,3,4). The lowest BCUT2D eigenvalue weighted by Crippen LogP contribution is -2.24. The average molecular weight is 352 g/mol. The van der Waals surface area contributed by atoms with Crippen LogP contribution in [-0.2, 0) is 16.5 Å². The average Bonchev–Trinajstić information content (AvgIpc) is 2.81. The third-order valence-electron chi connectivity index (χ3n) is 3.27. The van der Waals surface area contributed by atoms with E-state index in [1.165, 1.54) is 0 Å². The normalized spacial score (nSPS) is 13.2. The molecular formula is C14H16N4O5S. The topological polar surface area (TPSA) is 169 Å². The minimum atomic E-state index is -3.67. The molecule has 9 nitrogen and oxygen atoms in total. The number of carbonyl (C=O) groups excluding carboxylic acids is 2. The van der Waals surface area contributed by atoms with Gasteiger partial charge in [0.25, 0.3) is 16.0 Å². The minimum absolute atomic E-state index is 0.0953. The fourth-order valence-electron chi connectivity index (χ4n) is 2.53. The summed E-state index contributed by atoms with van der Waals surface area (Å²) in [7, 11) is -3.67. The molecular weight excluding hydrogens is 336 g/mol. The number of nitrogens with one attached hydrogen (secondary N) is 1. The Balaban J connectivity index is 0.000000368. The molecule has 0 bridgehead atoms. The molecule has 24 heavy (non-hydrogen) atoms. The van der Waals surface area contributed by atoms with Crippen molar-refractivity contribution in [1.29, 1.82) is 0 Å². The van der Waals surface area contributed by atoms with Crippen molar-refractivity contribution in [2.24, 2.45) is 16.5 Å². The van der Waals surface area contributed by atoms with Crippen LogP contribution in [0.4, 0.5) is 0 Å². The summed E-state index contributed by atoms with van der Waals surface area (Å²) in [5.74, 6) is -0.688. The molecule has 0 saturated carbocycles. The minimum Gasteiger partial charge on any atom is -0.370 e. The van der Waals surface area contributed by atoms with Gasteiger partial charge >= 0.3 is 0 Å². The van der Waals surface area contributed by atoms with E-state index in [-0.39, 0.29) is 11.7 Å². The van der Waals surface area contributed by atoms with Crippen LogP contribution in [0.1, 0.15) is 32.8 Å². The Hall–Kier alpha value is -2.72. The van der Waals surface area contributed by atoms with E-state index in [0.717, 1.165) is 16.5 Å². The van der Waals surface area contributed by atoms with Gasteiger partial charge < -0.3 is 16.5 Å². The number of ketones is 1. The van der Waals surface area contributed by atoms with E-state index in [0.29, 0.717) is 30.4 Å². The number of rotatable bonds is 1. The van der Waals surface area contributed by atoms with Crippen molar-refractivity contribution in [3.8, 4) is 0 Å². The maximum absolute atomic E-state index is 12.0. The second-order valence-electron chi connectivity index (χ2n) is 5.20. The van der Waals surface area contributed by atoms with Gasteiger partial charge in [-0.2, -0.15) is 13.4 Å². The zero-order valence-electron chi connectivity index (χ0n) is 12.7. The largest absolute Gasteiger partial charge is 0.370 e. The van der Waals surface area contributed by atoms with Crippen LogP contribution in [0.25, 0.3) is 10.9 Å². The van der Waals surface area contributed by atoms with Crippen molar-refractivity contribution in [1.82, 2.24) is 4.98 Å². The highest BCUT2D eigenvalue weighted by Gasteiger charge is 2.25. The summed E-state index contributed by atoms with van der Waals surface area (Å²) in [6.07, 6.45) is 1.63. The Labute approximate surface area is 137 Å². The summed E-state index contributed by atoms with van der Waals surface area (Å²) < 4.78 is 25.9. The Kier molecular flexibility index (Phi) is 4.71. The number of guanidine groups is 1. The first-order valence-corrected chi connectivity index (χ1v) is 8.66. The molecule has 1 aliphatic rings. The number of benzene rings is 1. The van der Waals surface area contributed by atoms with Crippen LogP contribution >= 0.6 is 0 Å². The molecule has 0 spiro atoms. The second-order valence-corrected chi connectivity index (χ2v) is 6.67. The molecule has 1 amide bonds. The number of nitrogens with zero attached hydrogens (tertiary/aromatic N) is 1. The Morgan fingerprint density at radius 1 is 1.29 bits per heavy atom. The van der Waals surface area contributed by atoms with E-state index < -0.39 is 16.0 Å². The number of carbonyl (C=O) groups is 2. The number of aromatic amines is 1. The van der Waals surface area contributed by atoms with Crippen molar-refractivity contribution in [2.45, 2.75) is 12.8 Å². The SMILES string of the molecule is CS(=O)(=O)O.NC(N)=NC(=O)c1[nH]c2cccc3c2c1CCC3=O. The van der Waals surface area contributed by atoms with Gasteiger partial charge in [0.2, 0.25) is 0 Å². The molecule has 0 radical (unpaired) electrons. The van der Waals surface area contributed by atoms with Crippen molar-refractivity contribution >= 4 is 38.7 Å². The molecule has 0 saturated heterocycles. The lowest BCUT2D eigenvalue weighted by molar-refractivity contribution is 0.0972. The van der Waals surface area contributed by atoms with Gasteiger partial charge in [0.15, 0.2) is 11.7 Å². The van der Waals surface area contributed by atoms with E-state index in [1.54, 1.807) is 12.1 Å². The number of hydrogen-bond donors (Lipinski definition) is 4. The molecule has 10 heteroatoms. The highest BCUT2D eigenvalue weighted by atomic mass is 32.2. The van der Waals surface area contributed by atoms with Crippen molar-refractivity contribution in [3.63, 3.8) is 0 Å². The molecule has 3 rings (SSSR count). The lowest BCUT2D eigenvalue weighted by atomic mass is 9.90. The predicted molar refractivity (Wildman–Crippen MR) is 88.6 cm³/mol. The van der Waals surface area contributed by atoms with Crippen LogP contribution in [-0.4, -0.2) is 41.9 Å². The van der Waals surface area contributed by atoms with E-state index >= 15 is 0 Å². The van der Waals surface area contributed by atoms with E-state index in [9.17, 15) is 18.0 Å². The molecule has 0 aliphatic heterocycles. The number of aryl methyl sites for hydroxylation is 1. The van der Waals surface area contributed by atoms with Crippen LogP contribution in [0.5, 0.6) is 0 Å².